The molecule has 2 rings (SSSR count). The van der Waals surface area contributed by atoms with E-state index in [9.17, 15) is 0 Å². The van der Waals surface area contributed by atoms with Crippen LogP contribution in [-0.4, -0.2) is 0 Å². The molecule has 0 unspecified atom stereocenters. The summed E-state index contributed by atoms with van der Waals surface area (Å²) >= 11 is 0. The van der Waals surface area contributed by atoms with Gasteiger partial charge in [0.1, 0.15) is 0 Å². The van der Waals surface area contributed by atoms with E-state index in [4.69, 9.17) is 0 Å². The van der Waals surface area contributed by atoms with Crippen molar-refractivity contribution in [1.29, 1.82) is 0 Å². The van der Waals surface area contributed by atoms with Gasteiger partial charge in [-0.1, -0.05) is 74.9 Å². The fourth-order valence-corrected chi connectivity index (χ4v) is 2.36. The number of benzene rings is 2. The highest BCUT2D eigenvalue weighted by molar-refractivity contribution is 5.50. The van der Waals surface area contributed by atoms with Gasteiger partial charge in [-0.05, 0) is 35.6 Å². The molecular formula is C22H22. The maximum absolute atomic E-state index is 3.25. The molecule has 0 spiro atoms. The highest BCUT2D eigenvalue weighted by Gasteiger charge is 2.17. The van der Waals surface area contributed by atoms with Gasteiger partial charge in [-0.3, -0.25) is 0 Å². The Morgan fingerprint density at radius 1 is 0.909 bits per heavy atom. The molecule has 0 heteroatoms. The quantitative estimate of drug-likeness (QED) is 0.651. The van der Waals surface area contributed by atoms with Gasteiger partial charge in [0.2, 0.25) is 0 Å². The smallest absolute Gasteiger partial charge is 0.0344 e. The minimum atomic E-state index is 0.0924. The summed E-state index contributed by atoms with van der Waals surface area (Å²) in [6.07, 6.45) is 0.774. The Morgan fingerprint density at radius 3 is 2.27 bits per heavy atom. The third-order valence-electron chi connectivity index (χ3n) is 3.46. The van der Waals surface area contributed by atoms with Crippen molar-refractivity contribution in [3.05, 3.63) is 70.8 Å². The molecule has 0 aromatic heterocycles. The fourth-order valence-electron chi connectivity index (χ4n) is 2.36. The van der Waals surface area contributed by atoms with Gasteiger partial charge >= 0.3 is 0 Å². The highest BCUT2D eigenvalue weighted by atomic mass is 14.2. The lowest BCUT2D eigenvalue weighted by molar-refractivity contribution is 0.588. The molecule has 2 aromatic carbocycles. The first-order valence-corrected chi connectivity index (χ1v) is 7.61. The highest BCUT2D eigenvalue weighted by Crippen LogP contribution is 2.26. The number of hydrogen-bond acceptors (Lipinski definition) is 0. The molecule has 0 aliphatic carbocycles. The second kappa shape index (κ2) is 7.02. The molecular weight excluding hydrogens is 264 g/mol. The maximum Gasteiger partial charge on any atom is 0.0344 e. The number of hydrogen-bond donors (Lipinski definition) is 0. The summed E-state index contributed by atoms with van der Waals surface area (Å²) in [6, 6.07) is 16.7. The minimum absolute atomic E-state index is 0.0924. The van der Waals surface area contributed by atoms with Crippen LogP contribution in [0.2, 0.25) is 0 Å². The lowest BCUT2D eigenvalue weighted by Crippen LogP contribution is -2.13. The van der Waals surface area contributed by atoms with E-state index in [2.05, 4.69) is 74.8 Å². The predicted octanol–water partition coefficient (Wildman–Crippen LogP) is 4.95. The normalized spacial score (nSPS) is 10.2. The molecule has 0 saturated heterocycles. The summed E-state index contributed by atoms with van der Waals surface area (Å²) < 4.78 is 0. The van der Waals surface area contributed by atoms with Gasteiger partial charge in [-0.2, -0.15) is 0 Å². The molecule has 0 bridgehead atoms. The third kappa shape index (κ3) is 4.28. The monoisotopic (exact) mass is 286 g/mol. The van der Waals surface area contributed by atoms with E-state index in [1.54, 1.807) is 0 Å². The summed E-state index contributed by atoms with van der Waals surface area (Å²) in [4.78, 5) is 0. The third-order valence-corrected chi connectivity index (χ3v) is 3.46. The Bertz CT molecular complexity index is 751. The van der Waals surface area contributed by atoms with Crippen LogP contribution in [0.25, 0.3) is 0 Å². The van der Waals surface area contributed by atoms with Crippen LogP contribution < -0.4 is 0 Å². The van der Waals surface area contributed by atoms with E-state index in [-0.39, 0.29) is 5.41 Å². The van der Waals surface area contributed by atoms with Crippen molar-refractivity contribution >= 4 is 0 Å². The van der Waals surface area contributed by atoms with E-state index < -0.39 is 0 Å². The molecule has 0 saturated carbocycles. The van der Waals surface area contributed by atoms with Gasteiger partial charge in [0, 0.05) is 17.5 Å². The molecule has 22 heavy (non-hydrogen) atoms. The Kier molecular flexibility index (Phi) is 5.08. The zero-order chi connectivity index (χ0) is 16.0. The Morgan fingerprint density at radius 2 is 1.64 bits per heavy atom. The van der Waals surface area contributed by atoms with Gasteiger partial charge in [-0.25, -0.2) is 0 Å². The lowest BCUT2D eigenvalue weighted by atomic mass is 9.83. The predicted molar refractivity (Wildman–Crippen MR) is 94.7 cm³/mol. The Hall–Kier alpha value is -2.44. The molecule has 0 aliphatic rings. The second-order valence-corrected chi connectivity index (χ2v) is 6.35. The van der Waals surface area contributed by atoms with Crippen molar-refractivity contribution in [1.82, 2.24) is 0 Å². The fraction of sp³-hybridized carbons (Fsp3) is 0.273. The minimum Gasteiger partial charge on any atom is -0.101 e. The van der Waals surface area contributed by atoms with Crippen LogP contribution >= 0.6 is 0 Å². The van der Waals surface area contributed by atoms with Crippen molar-refractivity contribution in [3.63, 3.8) is 0 Å². The maximum atomic E-state index is 3.25. The first-order valence-electron chi connectivity index (χ1n) is 7.61. The molecule has 0 N–H and O–H groups in total. The van der Waals surface area contributed by atoms with Crippen LogP contribution in [0, 0.1) is 23.7 Å². The molecule has 0 heterocycles. The van der Waals surface area contributed by atoms with Crippen LogP contribution in [0.3, 0.4) is 0 Å². The summed E-state index contributed by atoms with van der Waals surface area (Å²) in [7, 11) is 0. The van der Waals surface area contributed by atoms with Crippen LogP contribution in [-0.2, 0) is 11.8 Å². The van der Waals surface area contributed by atoms with Crippen molar-refractivity contribution in [2.45, 2.75) is 39.5 Å². The number of rotatable bonds is 1. The second-order valence-electron chi connectivity index (χ2n) is 6.35. The zero-order valence-electron chi connectivity index (χ0n) is 13.8. The van der Waals surface area contributed by atoms with Crippen molar-refractivity contribution in [2.24, 2.45) is 0 Å². The zero-order valence-corrected chi connectivity index (χ0v) is 13.8. The van der Waals surface area contributed by atoms with E-state index >= 15 is 0 Å². The summed E-state index contributed by atoms with van der Waals surface area (Å²) in [5, 5.41) is 0. The van der Waals surface area contributed by atoms with Crippen LogP contribution in [0.4, 0.5) is 0 Å². The Balaban J connectivity index is 2.26. The Labute approximate surface area is 134 Å². The van der Waals surface area contributed by atoms with E-state index in [1.807, 2.05) is 25.1 Å². The largest absolute Gasteiger partial charge is 0.101 e. The first-order chi connectivity index (χ1) is 10.5. The van der Waals surface area contributed by atoms with Crippen molar-refractivity contribution in [3.8, 4) is 23.7 Å². The topological polar surface area (TPSA) is 0 Å². The van der Waals surface area contributed by atoms with E-state index in [0.29, 0.717) is 0 Å². The van der Waals surface area contributed by atoms with Crippen molar-refractivity contribution < 1.29 is 0 Å². The SMILES string of the molecule is CC#Cc1cc(C#CCc2ccccc2)ccc1C(C)(C)C. The van der Waals surface area contributed by atoms with Gasteiger partial charge < -0.3 is 0 Å². The molecule has 110 valence electrons. The van der Waals surface area contributed by atoms with Gasteiger partial charge in [0.05, 0.1) is 0 Å². The van der Waals surface area contributed by atoms with Crippen molar-refractivity contribution in [2.75, 3.05) is 0 Å². The molecule has 0 atom stereocenters. The standard InChI is InChI=1S/C22H22/c1-5-10-20-17-19(15-16-21(20)22(2,3)4)14-9-13-18-11-7-6-8-12-18/h6-8,11-12,15-17H,13H2,1-4H3. The molecule has 0 fully saturated rings. The van der Waals surface area contributed by atoms with E-state index in [0.717, 1.165) is 17.5 Å². The van der Waals surface area contributed by atoms with Crippen LogP contribution in [0.5, 0.6) is 0 Å². The summed E-state index contributed by atoms with van der Waals surface area (Å²) in [5.74, 6) is 12.7. The molecule has 0 nitrogen and oxygen atoms in total. The van der Waals surface area contributed by atoms with Crippen LogP contribution in [0.1, 0.15) is 49.9 Å². The summed E-state index contributed by atoms with van der Waals surface area (Å²) in [5.41, 5.74) is 4.73. The molecule has 0 radical (unpaired) electrons. The average molecular weight is 286 g/mol. The van der Waals surface area contributed by atoms with E-state index in [1.165, 1.54) is 11.1 Å². The summed E-state index contributed by atoms with van der Waals surface area (Å²) in [6.45, 7) is 8.51. The molecule has 0 aliphatic heterocycles. The lowest BCUT2D eigenvalue weighted by Gasteiger charge is -2.21. The van der Waals surface area contributed by atoms with Crippen LogP contribution in [0.15, 0.2) is 48.5 Å². The molecule has 0 amide bonds. The first kappa shape index (κ1) is 15.9. The van der Waals surface area contributed by atoms with Gasteiger partial charge in [0.25, 0.3) is 0 Å². The van der Waals surface area contributed by atoms with Gasteiger partial charge in [0.15, 0.2) is 0 Å². The molecule has 2 aromatic rings. The average Bonchev–Trinajstić information content (AvgIpc) is 2.48. The van der Waals surface area contributed by atoms with Gasteiger partial charge in [-0.15, -0.1) is 5.92 Å².